The Morgan fingerprint density at radius 3 is 2.95 bits per heavy atom. The molecule has 5 heteroatoms. The summed E-state index contributed by atoms with van der Waals surface area (Å²) in [6.45, 7) is 2.26. The first-order valence-electron chi connectivity index (χ1n) is 7.38. The van der Waals surface area contributed by atoms with E-state index < -0.39 is 0 Å². The number of aromatic nitrogens is 2. The van der Waals surface area contributed by atoms with Gasteiger partial charge in [0.05, 0.1) is 12.7 Å². The van der Waals surface area contributed by atoms with Crippen LogP contribution in [0.3, 0.4) is 0 Å². The van der Waals surface area contributed by atoms with Crippen LogP contribution < -0.4 is 4.74 Å². The minimum atomic E-state index is 0.114. The third-order valence-corrected chi connectivity index (χ3v) is 4.18. The first-order chi connectivity index (χ1) is 10.2. The Balaban J connectivity index is 1.87. The third kappa shape index (κ3) is 2.86. The molecule has 1 aromatic carbocycles. The highest BCUT2D eigenvalue weighted by molar-refractivity contribution is 5.64. The lowest BCUT2D eigenvalue weighted by Crippen LogP contribution is -2.12. The molecule has 1 aliphatic carbocycles. The molecule has 0 aliphatic heterocycles. The van der Waals surface area contributed by atoms with Gasteiger partial charge in [-0.05, 0) is 37.0 Å². The number of benzene rings is 1. The van der Waals surface area contributed by atoms with Gasteiger partial charge in [0.15, 0.2) is 5.82 Å². The molecule has 1 saturated carbocycles. The summed E-state index contributed by atoms with van der Waals surface area (Å²) in [5.41, 5.74) is 0.511. The summed E-state index contributed by atoms with van der Waals surface area (Å²) in [4.78, 5) is 4.48. The van der Waals surface area contributed by atoms with Crippen LogP contribution in [0.1, 0.15) is 44.3 Å². The monoisotopic (exact) mass is 288 g/mol. The lowest BCUT2D eigenvalue weighted by atomic mass is 9.82. The van der Waals surface area contributed by atoms with Gasteiger partial charge in [-0.1, -0.05) is 24.9 Å². The Labute approximate surface area is 123 Å². The third-order valence-electron chi connectivity index (χ3n) is 4.18. The molecular weight excluding hydrogens is 268 g/mol. The predicted molar refractivity (Wildman–Crippen MR) is 78.3 cm³/mol. The minimum Gasteiger partial charge on any atom is -0.507 e. The van der Waals surface area contributed by atoms with Crippen molar-refractivity contribution in [2.45, 2.75) is 38.5 Å². The summed E-state index contributed by atoms with van der Waals surface area (Å²) >= 11 is 0. The molecule has 0 amide bonds. The van der Waals surface area contributed by atoms with Gasteiger partial charge < -0.3 is 14.4 Å². The number of phenolic OH excluding ortho intramolecular Hbond substituents is 1. The predicted octanol–water partition coefficient (Wildman–Crippen LogP) is 3.74. The highest BCUT2D eigenvalue weighted by atomic mass is 16.5. The number of ether oxygens (including phenoxy) is 1. The normalized spacial score (nSPS) is 22.2. The number of hydrogen-bond donors (Lipinski definition) is 1. The molecule has 1 aliphatic rings. The molecule has 0 bridgehead atoms. The first kappa shape index (κ1) is 13.9. The van der Waals surface area contributed by atoms with E-state index in [9.17, 15) is 5.11 Å². The fraction of sp³-hybridized carbons (Fsp3) is 0.500. The molecular formula is C16H20N2O3. The second kappa shape index (κ2) is 5.76. The van der Waals surface area contributed by atoms with Crippen molar-refractivity contribution in [2.75, 3.05) is 7.11 Å². The molecule has 0 saturated heterocycles. The fourth-order valence-corrected chi connectivity index (χ4v) is 2.99. The van der Waals surface area contributed by atoms with E-state index in [-0.39, 0.29) is 5.75 Å². The SMILES string of the molecule is COc1ccc(O)c(-c2nc(C3CCCC(C)C3)no2)c1. The van der Waals surface area contributed by atoms with Crippen LogP contribution in [0.25, 0.3) is 11.5 Å². The zero-order valence-corrected chi connectivity index (χ0v) is 12.4. The van der Waals surface area contributed by atoms with Crippen LogP contribution in [0.15, 0.2) is 22.7 Å². The first-order valence-corrected chi connectivity index (χ1v) is 7.38. The van der Waals surface area contributed by atoms with E-state index in [4.69, 9.17) is 9.26 Å². The number of rotatable bonds is 3. The van der Waals surface area contributed by atoms with Gasteiger partial charge in [0.25, 0.3) is 5.89 Å². The smallest absolute Gasteiger partial charge is 0.261 e. The number of methoxy groups -OCH3 is 1. The molecule has 21 heavy (non-hydrogen) atoms. The van der Waals surface area contributed by atoms with E-state index in [2.05, 4.69) is 17.1 Å². The van der Waals surface area contributed by atoms with E-state index >= 15 is 0 Å². The summed E-state index contributed by atoms with van der Waals surface area (Å²) < 4.78 is 10.5. The lowest BCUT2D eigenvalue weighted by molar-refractivity contribution is 0.324. The van der Waals surface area contributed by atoms with Gasteiger partial charge >= 0.3 is 0 Å². The Morgan fingerprint density at radius 2 is 2.19 bits per heavy atom. The Morgan fingerprint density at radius 1 is 1.33 bits per heavy atom. The quantitative estimate of drug-likeness (QED) is 0.931. The Kier molecular flexibility index (Phi) is 3.82. The van der Waals surface area contributed by atoms with Crippen molar-refractivity contribution < 1.29 is 14.4 Å². The van der Waals surface area contributed by atoms with Gasteiger partial charge in [0.2, 0.25) is 0 Å². The van der Waals surface area contributed by atoms with Crippen molar-refractivity contribution in [3.8, 4) is 23.0 Å². The number of phenols is 1. The van der Waals surface area contributed by atoms with Gasteiger partial charge in [0.1, 0.15) is 11.5 Å². The average Bonchev–Trinajstić information content (AvgIpc) is 2.97. The summed E-state index contributed by atoms with van der Waals surface area (Å²) in [6, 6.07) is 4.97. The summed E-state index contributed by atoms with van der Waals surface area (Å²) in [7, 11) is 1.58. The van der Waals surface area contributed by atoms with Gasteiger partial charge in [-0.25, -0.2) is 0 Å². The van der Waals surface area contributed by atoms with Gasteiger partial charge in [-0.15, -0.1) is 0 Å². The molecule has 112 valence electrons. The van der Waals surface area contributed by atoms with Crippen LogP contribution in [0.5, 0.6) is 11.5 Å². The summed E-state index contributed by atoms with van der Waals surface area (Å²) in [5, 5.41) is 14.1. The Hall–Kier alpha value is -2.04. The maximum absolute atomic E-state index is 9.96. The molecule has 2 unspecified atom stereocenters. The van der Waals surface area contributed by atoms with Crippen molar-refractivity contribution >= 4 is 0 Å². The lowest BCUT2D eigenvalue weighted by Gasteiger charge is -2.23. The van der Waals surface area contributed by atoms with E-state index in [1.54, 1.807) is 25.3 Å². The van der Waals surface area contributed by atoms with E-state index in [0.717, 1.165) is 18.7 Å². The van der Waals surface area contributed by atoms with Crippen LogP contribution in [0.2, 0.25) is 0 Å². The van der Waals surface area contributed by atoms with Crippen LogP contribution in [-0.2, 0) is 0 Å². The Bertz CT molecular complexity index is 624. The molecule has 1 N–H and O–H groups in total. The highest BCUT2D eigenvalue weighted by Crippen LogP contribution is 2.37. The van der Waals surface area contributed by atoms with Crippen molar-refractivity contribution in [1.82, 2.24) is 10.1 Å². The molecule has 0 spiro atoms. The molecule has 5 nitrogen and oxygen atoms in total. The average molecular weight is 288 g/mol. The molecule has 1 aromatic heterocycles. The molecule has 1 fully saturated rings. The van der Waals surface area contributed by atoms with Gasteiger partial charge in [-0.2, -0.15) is 4.98 Å². The topological polar surface area (TPSA) is 68.4 Å². The van der Waals surface area contributed by atoms with E-state index in [0.29, 0.717) is 29.0 Å². The van der Waals surface area contributed by atoms with Crippen LogP contribution in [0.4, 0.5) is 0 Å². The van der Waals surface area contributed by atoms with Crippen molar-refractivity contribution in [3.05, 3.63) is 24.0 Å². The van der Waals surface area contributed by atoms with Crippen molar-refractivity contribution in [3.63, 3.8) is 0 Å². The standard InChI is InChI=1S/C16H20N2O3/c1-10-4-3-5-11(8-10)15-17-16(21-18-15)13-9-12(20-2)6-7-14(13)19/h6-7,9-11,19H,3-5,8H2,1-2H3. The maximum Gasteiger partial charge on any atom is 0.261 e. The molecule has 0 radical (unpaired) electrons. The second-order valence-electron chi connectivity index (χ2n) is 5.81. The van der Waals surface area contributed by atoms with Gasteiger partial charge in [-0.3, -0.25) is 0 Å². The highest BCUT2D eigenvalue weighted by Gasteiger charge is 2.25. The summed E-state index contributed by atoms with van der Waals surface area (Å²) in [5.74, 6) is 2.92. The molecule has 3 rings (SSSR count). The van der Waals surface area contributed by atoms with E-state index in [1.807, 2.05) is 0 Å². The van der Waals surface area contributed by atoms with Crippen molar-refractivity contribution in [1.29, 1.82) is 0 Å². The zero-order valence-electron chi connectivity index (χ0n) is 12.4. The molecule has 2 aromatic rings. The molecule has 2 atom stereocenters. The second-order valence-corrected chi connectivity index (χ2v) is 5.81. The largest absolute Gasteiger partial charge is 0.507 e. The number of hydrogen-bond acceptors (Lipinski definition) is 5. The maximum atomic E-state index is 9.96. The summed E-state index contributed by atoms with van der Waals surface area (Å²) in [6.07, 6.45) is 4.69. The van der Waals surface area contributed by atoms with E-state index in [1.165, 1.54) is 12.8 Å². The van der Waals surface area contributed by atoms with Gasteiger partial charge in [0, 0.05) is 5.92 Å². The molecule has 1 heterocycles. The number of nitrogens with zero attached hydrogens (tertiary/aromatic N) is 2. The van der Waals surface area contributed by atoms with Crippen LogP contribution in [-0.4, -0.2) is 22.4 Å². The number of aromatic hydroxyl groups is 1. The van der Waals surface area contributed by atoms with Crippen LogP contribution in [0, 0.1) is 5.92 Å². The minimum absolute atomic E-state index is 0.114. The van der Waals surface area contributed by atoms with Crippen LogP contribution >= 0.6 is 0 Å². The van der Waals surface area contributed by atoms with Crippen molar-refractivity contribution in [2.24, 2.45) is 5.92 Å². The zero-order chi connectivity index (χ0) is 14.8. The fourth-order valence-electron chi connectivity index (χ4n) is 2.99.